The highest BCUT2D eigenvalue weighted by Gasteiger charge is 2.34. The number of amides is 1. The number of carbonyl (C=O) groups is 1. The van der Waals surface area contributed by atoms with Crippen LogP contribution in [0.15, 0.2) is 23.1 Å². The van der Waals surface area contributed by atoms with Gasteiger partial charge in [0, 0.05) is 17.0 Å². The molecular weight excluding hydrogens is 361 g/mol. The number of alkyl halides is 3. The first-order valence-electron chi connectivity index (χ1n) is 9.20. The minimum atomic E-state index is -4.40. The van der Waals surface area contributed by atoms with Crippen molar-refractivity contribution >= 4 is 17.7 Å². The molecule has 2 fully saturated rings. The number of nitrogens with zero attached hydrogens (tertiary/aromatic N) is 1. The van der Waals surface area contributed by atoms with E-state index in [1.165, 1.54) is 37.1 Å². The summed E-state index contributed by atoms with van der Waals surface area (Å²) in [6, 6.07) is 3.79. The SMILES string of the molecule is CSc1cc(C(F)(F)F)ccc1C(=O)N[C@@H]1CCCC[C@@H]1N1CCCC1. The smallest absolute Gasteiger partial charge is 0.348 e. The Bertz CT molecular complexity index is 644. The van der Waals surface area contributed by atoms with Gasteiger partial charge >= 0.3 is 6.18 Å². The zero-order valence-electron chi connectivity index (χ0n) is 14.9. The highest BCUT2D eigenvalue weighted by atomic mass is 32.2. The van der Waals surface area contributed by atoms with E-state index in [1.54, 1.807) is 6.26 Å². The number of thioether (sulfide) groups is 1. The average Bonchev–Trinajstić information content (AvgIpc) is 3.15. The van der Waals surface area contributed by atoms with Gasteiger partial charge in [-0.3, -0.25) is 9.69 Å². The monoisotopic (exact) mass is 386 g/mol. The van der Waals surface area contributed by atoms with Gasteiger partial charge in [0.1, 0.15) is 0 Å². The normalized spacial score (nSPS) is 24.6. The van der Waals surface area contributed by atoms with Gasteiger partial charge in [0.25, 0.3) is 5.91 Å². The van der Waals surface area contributed by atoms with Crippen molar-refractivity contribution in [2.24, 2.45) is 0 Å². The second-order valence-corrected chi connectivity index (χ2v) is 7.94. The Morgan fingerprint density at radius 1 is 1.15 bits per heavy atom. The minimum Gasteiger partial charge on any atom is -0.348 e. The summed E-state index contributed by atoms with van der Waals surface area (Å²) in [6.45, 7) is 2.15. The van der Waals surface area contributed by atoms with Crippen LogP contribution >= 0.6 is 11.8 Å². The van der Waals surface area contributed by atoms with Crippen molar-refractivity contribution in [3.63, 3.8) is 0 Å². The molecule has 1 amide bonds. The fraction of sp³-hybridized carbons (Fsp3) is 0.632. The fourth-order valence-corrected chi connectivity index (χ4v) is 4.72. The van der Waals surface area contributed by atoms with Gasteiger partial charge in [-0.2, -0.15) is 13.2 Å². The van der Waals surface area contributed by atoms with E-state index in [4.69, 9.17) is 0 Å². The molecule has 0 spiro atoms. The van der Waals surface area contributed by atoms with Crippen LogP contribution in [0.4, 0.5) is 13.2 Å². The average molecular weight is 386 g/mol. The van der Waals surface area contributed by atoms with Crippen LogP contribution in [-0.2, 0) is 6.18 Å². The van der Waals surface area contributed by atoms with Crippen LogP contribution in [0.5, 0.6) is 0 Å². The van der Waals surface area contributed by atoms with Crippen molar-refractivity contribution in [1.29, 1.82) is 0 Å². The Morgan fingerprint density at radius 3 is 2.50 bits per heavy atom. The number of benzene rings is 1. The predicted molar refractivity (Wildman–Crippen MR) is 97.5 cm³/mol. The molecule has 0 unspecified atom stereocenters. The third kappa shape index (κ3) is 4.36. The van der Waals surface area contributed by atoms with E-state index in [0.717, 1.165) is 44.5 Å². The number of likely N-dealkylation sites (tertiary alicyclic amines) is 1. The molecule has 1 aliphatic heterocycles. The van der Waals surface area contributed by atoms with Crippen LogP contribution in [0.25, 0.3) is 0 Å². The van der Waals surface area contributed by atoms with Gasteiger partial charge in [-0.25, -0.2) is 0 Å². The lowest BCUT2D eigenvalue weighted by atomic mass is 9.89. The van der Waals surface area contributed by atoms with Crippen molar-refractivity contribution < 1.29 is 18.0 Å². The summed E-state index contributed by atoms with van der Waals surface area (Å²) in [4.78, 5) is 15.6. The zero-order valence-corrected chi connectivity index (χ0v) is 15.8. The summed E-state index contributed by atoms with van der Waals surface area (Å²) in [5, 5.41) is 3.12. The molecule has 1 aromatic rings. The summed E-state index contributed by atoms with van der Waals surface area (Å²) in [7, 11) is 0. The molecule has 1 saturated carbocycles. The molecule has 1 saturated heterocycles. The molecule has 2 atom stereocenters. The molecule has 0 aromatic heterocycles. The second kappa shape index (κ2) is 8.21. The highest BCUT2D eigenvalue weighted by Crippen LogP contribution is 2.33. The van der Waals surface area contributed by atoms with Crippen LogP contribution in [0.2, 0.25) is 0 Å². The molecule has 144 valence electrons. The van der Waals surface area contributed by atoms with Gasteiger partial charge in [-0.15, -0.1) is 11.8 Å². The number of hydrogen-bond acceptors (Lipinski definition) is 3. The largest absolute Gasteiger partial charge is 0.416 e. The van der Waals surface area contributed by atoms with E-state index in [-0.39, 0.29) is 11.9 Å². The predicted octanol–water partition coefficient (Wildman–Crippen LogP) is 4.56. The molecule has 26 heavy (non-hydrogen) atoms. The van der Waals surface area contributed by atoms with Crippen molar-refractivity contribution in [1.82, 2.24) is 10.2 Å². The third-order valence-corrected chi connectivity index (χ3v) is 6.21. The van der Waals surface area contributed by atoms with Gasteiger partial charge in [-0.05, 0) is 63.2 Å². The first kappa shape index (κ1) is 19.5. The fourth-order valence-electron chi connectivity index (χ4n) is 4.09. The van der Waals surface area contributed by atoms with Gasteiger partial charge in [0.05, 0.1) is 11.1 Å². The Labute approximate surface area is 156 Å². The van der Waals surface area contributed by atoms with E-state index in [2.05, 4.69) is 10.2 Å². The van der Waals surface area contributed by atoms with E-state index >= 15 is 0 Å². The lowest BCUT2D eigenvalue weighted by Gasteiger charge is -2.38. The van der Waals surface area contributed by atoms with Crippen molar-refractivity contribution in [2.75, 3.05) is 19.3 Å². The zero-order chi connectivity index (χ0) is 18.7. The van der Waals surface area contributed by atoms with E-state index in [1.807, 2.05) is 0 Å². The van der Waals surface area contributed by atoms with Gasteiger partial charge in [-0.1, -0.05) is 12.8 Å². The number of carbonyl (C=O) groups excluding carboxylic acids is 1. The standard InChI is InChI=1S/C19H25F3N2OS/c1-26-17-12-13(19(20,21)22)8-9-14(17)18(25)23-15-6-2-3-7-16(15)24-10-4-5-11-24/h8-9,12,15-16H,2-7,10-11H2,1H3,(H,23,25)/t15-,16+/m1/s1. The van der Waals surface area contributed by atoms with Crippen molar-refractivity contribution in [3.8, 4) is 0 Å². The topological polar surface area (TPSA) is 32.3 Å². The van der Waals surface area contributed by atoms with Crippen LogP contribution in [0.1, 0.15) is 54.4 Å². The Kier molecular flexibility index (Phi) is 6.17. The molecule has 1 aliphatic carbocycles. The molecule has 2 aliphatic rings. The molecule has 0 radical (unpaired) electrons. The number of nitrogens with one attached hydrogen (secondary N) is 1. The van der Waals surface area contributed by atoms with Gasteiger partial charge in [0.15, 0.2) is 0 Å². The van der Waals surface area contributed by atoms with Crippen molar-refractivity contribution in [3.05, 3.63) is 29.3 Å². The molecule has 7 heteroatoms. The van der Waals surface area contributed by atoms with Gasteiger partial charge < -0.3 is 5.32 Å². The Hall–Kier alpha value is -1.21. The minimum absolute atomic E-state index is 0.0753. The number of hydrogen-bond donors (Lipinski definition) is 1. The maximum Gasteiger partial charge on any atom is 0.416 e. The van der Waals surface area contributed by atoms with Crippen LogP contribution in [0, 0.1) is 0 Å². The lowest BCUT2D eigenvalue weighted by Crippen LogP contribution is -2.52. The first-order valence-corrected chi connectivity index (χ1v) is 10.4. The van der Waals surface area contributed by atoms with Crippen molar-refractivity contribution in [2.45, 2.75) is 61.7 Å². The maximum absolute atomic E-state index is 12.9. The molecule has 0 bridgehead atoms. The second-order valence-electron chi connectivity index (χ2n) is 7.09. The summed E-state index contributed by atoms with van der Waals surface area (Å²) in [5.41, 5.74) is -0.387. The van der Waals surface area contributed by atoms with E-state index in [0.29, 0.717) is 16.5 Å². The van der Waals surface area contributed by atoms with E-state index in [9.17, 15) is 18.0 Å². The van der Waals surface area contributed by atoms with Gasteiger partial charge in [0.2, 0.25) is 0 Å². The lowest BCUT2D eigenvalue weighted by molar-refractivity contribution is -0.137. The molecule has 3 nitrogen and oxygen atoms in total. The molecule has 1 heterocycles. The first-order chi connectivity index (χ1) is 12.4. The number of halogens is 3. The number of rotatable bonds is 4. The van der Waals surface area contributed by atoms with E-state index < -0.39 is 11.7 Å². The summed E-state index contributed by atoms with van der Waals surface area (Å²) in [6.07, 6.45) is 3.96. The molecule has 3 rings (SSSR count). The summed E-state index contributed by atoms with van der Waals surface area (Å²) < 4.78 is 38.8. The van der Waals surface area contributed by atoms with Crippen LogP contribution in [-0.4, -0.2) is 42.2 Å². The molecular formula is C19H25F3N2OS. The Balaban J connectivity index is 1.76. The third-order valence-electron chi connectivity index (χ3n) is 5.43. The maximum atomic E-state index is 12.9. The quantitative estimate of drug-likeness (QED) is 0.770. The highest BCUT2D eigenvalue weighted by molar-refractivity contribution is 7.98. The Morgan fingerprint density at radius 2 is 1.85 bits per heavy atom. The van der Waals surface area contributed by atoms with Crippen LogP contribution in [0.3, 0.4) is 0 Å². The molecule has 1 aromatic carbocycles. The van der Waals surface area contributed by atoms with Crippen LogP contribution < -0.4 is 5.32 Å². The molecule has 1 N–H and O–H groups in total. The summed E-state index contributed by atoms with van der Waals surface area (Å²) >= 11 is 1.17. The summed E-state index contributed by atoms with van der Waals surface area (Å²) in [5.74, 6) is -0.265.